The molecule has 4 aliphatic rings. The molecule has 1 N–H and O–H groups in total. The minimum Gasteiger partial charge on any atom is -0.384 e. The first-order valence-electron chi connectivity index (χ1n) is 9.37. The minimum absolute atomic E-state index is 0. The van der Waals surface area contributed by atoms with E-state index in [0.717, 1.165) is 32.3 Å². The van der Waals surface area contributed by atoms with Gasteiger partial charge in [0.2, 0.25) is 0 Å². The van der Waals surface area contributed by atoms with Gasteiger partial charge in [-0.3, -0.25) is 4.99 Å². The summed E-state index contributed by atoms with van der Waals surface area (Å²) < 4.78 is 11.4. The number of aliphatic imine (C=N–C) groups is 1. The van der Waals surface area contributed by atoms with Crippen LogP contribution in [0.2, 0.25) is 0 Å². The van der Waals surface area contributed by atoms with E-state index in [4.69, 9.17) is 9.47 Å². The third-order valence-corrected chi connectivity index (χ3v) is 6.77. The number of rotatable bonds is 3. The number of ether oxygens (including phenoxy) is 2. The molecule has 0 amide bonds. The number of hydrogen-bond donors (Lipinski definition) is 1. The molecule has 0 radical (unpaired) electrons. The zero-order valence-electron chi connectivity index (χ0n) is 15.0. The van der Waals surface area contributed by atoms with Gasteiger partial charge in [0.25, 0.3) is 0 Å². The van der Waals surface area contributed by atoms with Gasteiger partial charge in [-0.15, -0.1) is 24.0 Å². The smallest absolute Gasteiger partial charge is 0.193 e. The van der Waals surface area contributed by atoms with E-state index in [2.05, 4.69) is 15.2 Å². The second kappa shape index (κ2) is 7.66. The van der Waals surface area contributed by atoms with Crippen molar-refractivity contribution in [3.8, 4) is 0 Å². The van der Waals surface area contributed by atoms with Crippen molar-refractivity contribution in [3.05, 3.63) is 0 Å². The van der Waals surface area contributed by atoms with E-state index in [9.17, 15) is 0 Å². The molecule has 0 aromatic carbocycles. The van der Waals surface area contributed by atoms with E-state index < -0.39 is 0 Å². The summed E-state index contributed by atoms with van der Waals surface area (Å²) in [6, 6.07) is 0.567. The Labute approximate surface area is 162 Å². The predicted octanol–water partition coefficient (Wildman–Crippen LogP) is 2.50. The summed E-state index contributed by atoms with van der Waals surface area (Å²) in [4.78, 5) is 7.03. The number of hydrogen-bond acceptors (Lipinski definition) is 3. The average molecular weight is 449 g/mol. The third kappa shape index (κ3) is 2.96. The maximum Gasteiger partial charge on any atom is 0.193 e. The van der Waals surface area contributed by atoms with Crippen molar-refractivity contribution in [2.45, 2.75) is 50.7 Å². The molecule has 2 saturated carbocycles. The van der Waals surface area contributed by atoms with E-state index in [0.29, 0.717) is 29.4 Å². The molecule has 2 aliphatic heterocycles. The van der Waals surface area contributed by atoms with Crippen molar-refractivity contribution in [2.75, 3.05) is 40.5 Å². The van der Waals surface area contributed by atoms with Gasteiger partial charge in [-0.05, 0) is 25.7 Å². The van der Waals surface area contributed by atoms with Crippen molar-refractivity contribution in [3.63, 3.8) is 0 Å². The van der Waals surface area contributed by atoms with Gasteiger partial charge in [0.15, 0.2) is 5.96 Å². The summed E-state index contributed by atoms with van der Waals surface area (Å²) >= 11 is 0. The fraction of sp³-hybridized carbons (Fsp3) is 0.944. The molecule has 4 atom stereocenters. The Balaban J connectivity index is 0.00000169. The van der Waals surface area contributed by atoms with Gasteiger partial charge >= 0.3 is 0 Å². The van der Waals surface area contributed by atoms with Crippen LogP contribution in [0.3, 0.4) is 0 Å². The highest BCUT2D eigenvalue weighted by atomic mass is 127. The Hall–Kier alpha value is -0.0800. The van der Waals surface area contributed by atoms with Crippen LogP contribution in [-0.4, -0.2) is 63.5 Å². The van der Waals surface area contributed by atoms with Crippen LogP contribution in [-0.2, 0) is 9.47 Å². The van der Waals surface area contributed by atoms with Crippen molar-refractivity contribution in [1.29, 1.82) is 0 Å². The monoisotopic (exact) mass is 449 g/mol. The third-order valence-electron chi connectivity index (χ3n) is 6.77. The molecule has 138 valence electrons. The normalized spacial score (nSPS) is 37.2. The van der Waals surface area contributed by atoms with E-state index >= 15 is 0 Å². The van der Waals surface area contributed by atoms with Crippen LogP contribution < -0.4 is 5.32 Å². The predicted molar refractivity (Wildman–Crippen MR) is 106 cm³/mol. The molecule has 0 aromatic rings. The maximum atomic E-state index is 6.10. The summed E-state index contributed by atoms with van der Waals surface area (Å²) in [5.74, 6) is 2.44. The zero-order valence-corrected chi connectivity index (χ0v) is 17.3. The number of fused-ring (bicyclic) bond motifs is 2. The van der Waals surface area contributed by atoms with Crippen LogP contribution in [0.25, 0.3) is 0 Å². The zero-order chi connectivity index (χ0) is 15.9. The molecular formula is C18H32IN3O2. The molecule has 4 rings (SSSR count). The number of nitrogens with one attached hydrogen (secondary N) is 1. The Bertz CT molecular complexity index is 467. The number of nitrogens with zero attached hydrogens (tertiary/aromatic N) is 2. The molecule has 2 heterocycles. The molecule has 1 spiro atoms. The second-order valence-electron chi connectivity index (χ2n) is 7.91. The van der Waals surface area contributed by atoms with Crippen molar-refractivity contribution in [2.24, 2.45) is 22.2 Å². The van der Waals surface area contributed by atoms with Crippen LogP contribution >= 0.6 is 24.0 Å². The summed E-state index contributed by atoms with van der Waals surface area (Å²) in [5, 5.41) is 3.87. The van der Waals surface area contributed by atoms with Gasteiger partial charge in [0.05, 0.1) is 12.7 Å². The highest BCUT2D eigenvalue weighted by Gasteiger charge is 2.65. The van der Waals surface area contributed by atoms with E-state index in [1.807, 2.05) is 7.05 Å². The lowest BCUT2D eigenvalue weighted by atomic mass is 9.54. The van der Waals surface area contributed by atoms with E-state index in [1.165, 1.54) is 38.5 Å². The molecule has 4 unspecified atom stereocenters. The molecule has 24 heavy (non-hydrogen) atoms. The standard InChI is InChI=1S/C18H31N3O2.HI/c1-19-17(21-9-5-13(11-21)12-22-2)20-15-14-6-10-23-16(14)18(15)7-3-4-8-18;/h13-16H,3-12H2,1-2H3,(H,19,20);1H. The first-order valence-corrected chi connectivity index (χ1v) is 9.37. The molecule has 0 bridgehead atoms. The van der Waals surface area contributed by atoms with Gasteiger partial charge in [-0.25, -0.2) is 0 Å². The van der Waals surface area contributed by atoms with Crippen LogP contribution in [0.15, 0.2) is 4.99 Å². The molecule has 5 nitrogen and oxygen atoms in total. The molecule has 2 aliphatic carbocycles. The highest BCUT2D eigenvalue weighted by Crippen LogP contribution is 2.60. The first-order chi connectivity index (χ1) is 11.3. The van der Waals surface area contributed by atoms with Gasteiger partial charge in [-0.1, -0.05) is 12.8 Å². The molecule has 6 heteroatoms. The van der Waals surface area contributed by atoms with Crippen molar-refractivity contribution < 1.29 is 9.47 Å². The number of halogens is 1. The second-order valence-corrected chi connectivity index (χ2v) is 7.91. The van der Waals surface area contributed by atoms with Gasteiger partial charge in [0, 0.05) is 57.1 Å². The van der Waals surface area contributed by atoms with E-state index in [1.54, 1.807) is 7.11 Å². The number of likely N-dealkylation sites (tertiary alicyclic amines) is 1. The highest BCUT2D eigenvalue weighted by molar-refractivity contribution is 14.0. The minimum atomic E-state index is 0. The largest absolute Gasteiger partial charge is 0.384 e. The maximum absolute atomic E-state index is 6.10. The summed E-state index contributed by atoms with van der Waals surface area (Å²) in [7, 11) is 3.72. The van der Waals surface area contributed by atoms with Crippen LogP contribution in [0.1, 0.15) is 38.5 Å². The average Bonchev–Trinajstić information content (AvgIpc) is 3.28. The quantitative estimate of drug-likeness (QED) is 0.409. The fourth-order valence-corrected chi connectivity index (χ4v) is 5.74. The van der Waals surface area contributed by atoms with Crippen LogP contribution in [0, 0.1) is 17.3 Å². The summed E-state index contributed by atoms with van der Waals surface area (Å²) in [6.45, 7) is 3.97. The lowest BCUT2D eigenvalue weighted by molar-refractivity contribution is -0.125. The number of guanidine groups is 1. The fourth-order valence-electron chi connectivity index (χ4n) is 5.74. The lowest BCUT2D eigenvalue weighted by Crippen LogP contribution is -2.69. The Morgan fingerprint density at radius 3 is 2.83 bits per heavy atom. The molecule has 2 saturated heterocycles. The summed E-state index contributed by atoms with van der Waals surface area (Å²) in [5.41, 5.74) is 0.392. The Morgan fingerprint density at radius 2 is 2.12 bits per heavy atom. The Morgan fingerprint density at radius 1 is 1.33 bits per heavy atom. The SMILES string of the molecule is CN=C(NC1C2CCOC2C12CCCC2)N1CCC(COC)C1.I. The Kier molecular flexibility index (Phi) is 5.97. The van der Waals surface area contributed by atoms with Gasteiger partial charge in [-0.2, -0.15) is 0 Å². The van der Waals surface area contributed by atoms with Gasteiger partial charge < -0.3 is 19.7 Å². The van der Waals surface area contributed by atoms with Crippen molar-refractivity contribution in [1.82, 2.24) is 10.2 Å². The molecule has 0 aromatic heterocycles. The van der Waals surface area contributed by atoms with Gasteiger partial charge in [0.1, 0.15) is 0 Å². The van der Waals surface area contributed by atoms with Crippen molar-refractivity contribution >= 4 is 29.9 Å². The molecule has 4 fully saturated rings. The first kappa shape index (κ1) is 18.7. The lowest BCUT2D eigenvalue weighted by Gasteiger charge is -2.57. The van der Waals surface area contributed by atoms with Crippen LogP contribution in [0.4, 0.5) is 0 Å². The number of methoxy groups -OCH3 is 1. The summed E-state index contributed by atoms with van der Waals surface area (Å²) in [6.07, 6.45) is 8.32. The van der Waals surface area contributed by atoms with Crippen LogP contribution in [0.5, 0.6) is 0 Å². The van der Waals surface area contributed by atoms with E-state index in [-0.39, 0.29) is 24.0 Å². The molecular weight excluding hydrogens is 417 g/mol. The topological polar surface area (TPSA) is 46.1 Å².